The molecule has 0 aromatic heterocycles. The number of hydrogen-bond acceptors (Lipinski definition) is 1. The van der Waals surface area contributed by atoms with Gasteiger partial charge in [-0.2, -0.15) is 0 Å². The second-order valence-corrected chi connectivity index (χ2v) is 4.82. The van der Waals surface area contributed by atoms with Crippen LogP contribution in [0.5, 0.6) is 0 Å². The lowest BCUT2D eigenvalue weighted by molar-refractivity contribution is -0.319. The van der Waals surface area contributed by atoms with E-state index in [9.17, 15) is 13.2 Å². The monoisotopic (exact) mass is 324 g/mol. The van der Waals surface area contributed by atoms with Crippen molar-refractivity contribution in [2.75, 3.05) is 6.61 Å². The number of allylic oxidation sites excluding steroid dienone is 3. The Hall–Kier alpha value is -0.830. The van der Waals surface area contributed by atoms with E-state index in [1.54, 1.807) is 6.08 Å². The number of alkyl halides is 3. The summed E-state index contributed by atoms with van der Waals surface area (Å²) < 4.78 is 37.6. The van der Waals surface area contributed by atoms with Crippen molar-refractivity contribution in [2.24, 2.45) is 0 Å². The Bertz CT molecular complexity index is 391. The van der Waals surface area contributed by atoms with E-state index in [4.69, 9.17) is 11.2 Å². The number of hydrogen-bond donors (Lipinski definition) is 0. The molecule has 0 saturated heterocycles. The first-order valence-electron chi connectivity index (χ1n) is 5.93. The van der Waals surface area contributed by atoms with Gasteiger partial charge >= 0.3 is 6.36 Å². The minimum Gasteiger partial charge on any atom is -0.288 e. The molecule has 0 radical (unpaired) electrons. The van der Waals surface area contributed by atoms with Crippen molar-refractivity contribution >= 4 is 24.5 Å². The highest BCUT2D eigenvalue weighted by molar-refractivity contribution is 7.74. The molecule has 6 heteroatoms. The molecule has 0 bridgehead atoms. The molecule has 1 aromatic carbocycles. The zero-order valence-electron chi connectivity index (χ0n) is 11.0. The molecule has 1 rings (SSSR count). The average Bonchev–Trinajstić information content (AvgIpc) is 2.43. The third-order valence-electron chi connectivity index (χ3n) is 1.85. The van der Waals surface area contributed by atoms with Crippen molar-refractivity contribution in [3.63, 3.8) is 0 Å². The maximum atomic E-state index is 11.4. The van der Waals surface area contributed by atoms with Gasteiger partial charge in [0.1, 0.15) is 0 Å². The molecule has 0 heterocycles. The highest BCUT2D eigenvalue weighted by Gasteiger charge is 2.27. The van der Waals surface area contributed by atoms with Crippen LogP contribution in [-0.4, -0.2) is 13.0 Å². The molecule has 0 N–H and O–H groups in total. The van der Waals surface area contributed by atoms with Crippen molar-refractivity contribution in [3.05, 3.63) is 54.6 Å². The third-order valence-corrected chi connectivity index (χ3v) is 3.05. The second-order valence-electron chi connectivity index (χ2n) is 3.48. The van der Waals surface area contributed by atoms with E-state index in [0.29, 0.717) is 7.93 Å². The van der Waals surface area contributed by atoms with E-state index in [-0.39, 0.29) is 0 Å². The zero-order valence-corrected chi connectivity index (χ0v) is 12.8. The molecule has 112 valence electrons. The van der Waals surface area contributed by atoms with Gasteiger partial charge in [-0.1, -0.05) is 72.8 Å². The Labute approximate surface area is 124 Å². The van der Waals surface area contributed by atoms with Crippen LogP contribution in [0.4, 0.5) is 13.2 Å². The summed E-state index contributed by atoms with van der Waals surface area (Å²) in [6.07, 6.45) is 2.68. The van der Waals surface area contributed by atoms with Crippen LogP contribution in [-0.2, 0) is 4.74 Å². The smallest absolute Gasteiger partial charge is 0.288 e. The summed E-state index contributed by atoms with van der Waals surface area (Å²) in [5, 5.41) is 1.20. The van der Waals surface area contributed by atoms with Crippen LogP contribution >= 0.6 is 19.2 Å². The summed E-state index contributed by atoms with van der Waals surface area (Å²) >= 11 is 5.55. The number of benzene rings is 1. The molecule has 0 fully saturated rings. The Balaban J connectivity index is 0.000000388. The van der Waals surface area contributed by atoms with Gasteiger partial charge in [-0.25, -0.2) is 0 Å². The van der Waals surface area contributed by atoms with Gasteiger partial charge < -0.3 is 0 Å². The van der Waals surface area contributed by atoms with Crippen molar-refractivity contribution in [2.45, 2.75) is 19.7 Å². The van der Waals surface area contributed by atoms with Crippen LogP contribution in [0.3, 0.4) is 0 Å². The second kappa shape index (κ2) is 12.0. The van der Waals surface area contributed by atoms with Crippen LogP contribution in [0.2, 0.25) is 0 Å². The molecule has 0 aliphatic carbocycles. The lowest BCUT2D eigenvalue weighted by Crippen LogP contribution is -2.12. The van der Waals surface area contributed by atoms with E-state index in [1.807, 2.05) is 43.3 Å². The maximum absolute atomic E-state index is 11.4. The summed E-state index contributed by atoms with van der Waals surface area (Å²) in [7, 11) is 0.402. The number of rotatable bonds is 5. The molecule has 0 aliphatic heterocycles. The predicted molar refractivity (Wildman–Crippen MR) is 80.8 cm³/mol. The maximum Gasteiger partial charge on any atom is 0.522 e. The fourth-order valence-corrected chi connectivity index (χ4v) is 1.69. The first-order valence-corrected chi connectivity index (χ1v) is 7.94. The largest absolute Gasteiger partial charge is 0.522 e. The highest BCUT2D eigenvalue weighted by atomic mass is 35.7. The lowest BCUT2D eigenvalue weighted by atomic mass is 10.4. The molecule has 1 unspecified atom stereocenters. The van der Waals surface area contributed by atoms with Gasteiger partial charge in [0.2, 0.25) is 0 Å². The molecule has 0 aliphatic rings. The van der Waals surface area contributed by atoms with Gasteiger partial charge in [-0.15, -0.1) is 13.2 Å². The summed E-state index contributed by atoms with van der Waals surface area (Å²) in [6, 6.07) is 10.0. The van der Waals surface area contributed by atoms with E-state index in [2.05, 4.69) is 4.74 Å². The molecule has 0 saturated carbocycles. The topological polar surface area (TPSA) is 9.23 Å². The van der Waals surface area contributed by atoms with E-state index in [1.165, 1.54) is 17.5 Å². The third kappa shape index (κ3) is 13.6. The number of ether oxygens (including phenoxy) is 1. The number of halogens is 4. The summed E-state index contributed by atoms with van der Waals surface area (Å²) in [6.45, 7) is 1.51. The summed E-state index contributed by atoms with van der Waals surface area (Å²) in [4.78, 5) is 0. The average molecular weight is 325 g/mol. The molecule has 1 atom stereocenters. The van der Waals surface area contributed by atoms with E-state index >= 15 is 0 Å². The molecular formula is C14H17ClF3OP. The Morgan fingerprint density at radius 1 is 1.15 bits per heavy atom. The van der Waals surface area contributed by atoms with Crippen molar-refractivity contribution in [1.29, 1.82) is 0 Å². The van der Waals surface area contributed by atoms with Gasteiger partial charge in [-0.3, -0.25) is 4.74 Å². The van der Waals surface area contributed by atoms with Crippen LogP contribution in [0, 0.1) is 0 Å². The van der Waals surface area contributed by atoms with Gasteiger partial charge in [0.05, 0.1) is 6.61 Å². The normalized spacial score (nSPS) is 12.2. The van der Waals surface area contributed by atoms with E-state index in [0.717, 1.165) is 6.42 Å². The van der Waals surface area contributed by atoms with Crippen molar-refractivity contribution < 1.29 is 17.9 Å². The minimum absolute atomic E-state index is 0.402. The van der Waals surface area contributed by atoms with Crippen molar-refractivity contribution in [3.8, 4) is 0 Å². The molecule has 20 heavy (non-hydrogen) atoms. The first-order chi connectivity index (χ1) is 9.49. The van der Waals surface area contributed by atoms with E-state index < -0.39 is 13.0 Å². The molecule has 0 spiro atoms. The Kier molecular flexibility index (Phi) is 11.5. The summed E-state index contributed by atoms with van der Waals surface area (Å²) in [5.41, 5.74) is 0. The Morgan fingerprint density at radius 2 is 1.75 bits per heavy atom. The van der Waals surface area contributed by atoms with Crippen molar-refractivity contribution in [1.82, 2.24) is 0 Å². The predicted octanol–water partition coefficient (Wildman–Crippen LogP) is 5.19. The zero-order chi connectivity index (χ0) is 15.3. The van der Waals surface area contributed by atoms with Gasteiger partial charge in [0.25, 0.3) is 0 Å². The molecule has 0 amide bonds. The minimum atomic E-state index is -4.53. The molecule has 1 nitrogen and oxygen atoms in total. The van der Waals surface area contributed by atoms with Crippen LogP contribution in [0.15, 0.2) is 54.6 Å². The van der Waals surface area contributed by atoms with Gasteiger partial charge in [0, 0.05) is 7.93 Å². The lowest BCUT2D eigenvalue weighted by Gasteiger charge is -2.02. The van der Waals surface area contributed by atoms with Gasteiger partial charge in [0.15, 0.2) is 0 Å². The SMILES string of the molecule is CC/C=C\C=C/COC(F)(F)F.ClPc1ccccc1. The highest BCUT2D eigenvalue weighted by Crippen LogP contribution is 2.15. The molecular weight excluding hydrogens is 308 g/mol. The first kappa shape index (κ1) is 19.2. The summed E-state index contributed by atoms with van der Waals surface area (Å²) in [5.74, 6) is 0. The Morgan fingerprint density at radius 3 is 2.20 bits per heavy atom. The van der Waals surface area contributed by atoms with Gasteiger partial charge in [-0.05, 0) is 11.7 Å². The fourth-order valence-electron chi connectivity index (χ4n) is 0.993. The van der Waals surface area contributed by atoms with Crippen LogP contribution < -0.4 is 5.30 Å². The fraction of sp³-hybridized carbons (Fsp3) is 0.286. The van der Waals surface area contributed by atoms with Crippen LogP contribution in [0.1, 0.15) is 13.3 Å². The van der Waals surface area contributed by atoms with Crippen LogP contribution in [0.25, 0.3) is 0 Å². The molecule has 1 aromatic rings. The quantitative estimate of drug-likeness (QED) is 0.535. The standard InChI is InChI=1S/C8H11F3O.C6H6ClP/c1-2-3-4-5-6-7-12-8(9,10)11;7-8-6-4-2-1-3-5-6/h3-6H,2,7H2,1H3;1-5,8H/b4-3-,6-5-;.